The van der Waals surface area contributed by atoms with Gasteiger partial charge in [0.2, 0.25) is 0 Å². The van der Waals surface area contributed by atoms with Gasteiger partial charge in [0.05, 0.1) is 41.5 Å². The van der Waals surface area contributed by atoms with Gasteiger partial charge in [0, 0.05) is 38.1 Å². The predicted molar refractivity (Wildman–Crippen MR) is 194 cm³/mol. The molecule has 5 N–H and O–H groups in total. The van der Waals surface area contributed by atoms with Gasteiger partial charge >= 0.3 is 5.97 Å². The summed E-state index contributed by atoms with van der Waals surface area (Å²) in [4.78, 5) is 18.0. The smallest absolute Gasteiger partial charge is 0.311 e. The monoisotopic (exact) mass is 749 g/mol. The summed E-state index contributed by atoms with van der Waals surface area (Å²) in [5.41, 5.74) is -4.37. The number of rotatable bonds is 7. The Labute approximate surface area is 312 Å². The molecule has 52 heavy (non-hydrogen) atoms. The fourth-order valence-electron chi connectivity index (χ4n) is 8.74. The zero-order valence-electron chi connectivity index (χ0n) is 34.2. The Balaban J connectivity index is 2.17. The van der Waals surface area contributed by atoms with E-state index < -0.39 is 96.0 Å². The first-order valence-corrected chi connectivity index (χ1v) is 19.1. The molecule has 0 aromatic carbocycles. The number of methoxy groups -OCH3 is 1. The van der Waals surface area contributed by atoms with Crippen LogP contribution in [0.3, 0.4) is 0 Å². The van der Waals surface area contributed by atoms with E-state index in [0.29, 0.717) is 13.0 Å². The standard InChI is InChI=1S/C38H72N2O12/c1-15-27-38(10,46)31(42)24(6)40(13)19-20(2)17-36(8,45)33(52-35-29(41)26(39(11)12)16-21(3)48-35)22(4)30(23(5)34(44)50-27)51-28-18-37(9,47-14)32(43)25(7)49-28/h20-33,35,41-43,45-46H,15-19H2,1-14H3/t20?,21-,22?,23?,24?,25+,26+,27?,28+,29-,30?,31?,32+,33?,35+,36?,37-,38?/m1/s1. The molecule has 14 heteroatoms. The average molecular weight is 749 g/mol. The van der Waals surface area contributed by atoms with Gasteiger partial charge in [-0.3, -0.25) is 4.79 Å². The lowest BCUT2D eigenvalue weighted by Gasteiger charge is -2.48. The molecule has 3 rings (SSSR count). The maximum atomic E-state index is 14.2. The van der Waals surface area contributed by atoms with Crippen molar-refractivity contribution in [1.82, 2.24) is 9.80 Å². The molecule has 3 aliphatic rings. The normalized spacial score (nSPS) is 49.6. The third-order valence-corrected chi connectivity index (χ3v) is 12.2. The van der Waals surface area contributed by atoms with E-state index in [0.717, 1.165) is 0 Å². The number of esters is 1. The molecule has 0 aromatic rings. The quantitative estimate of drug-likeness (QED) is 0.238. The van der Waals surface area contributed by atoms with Gasteiger partial charge in [0.25, 0.3) is 0 Å². The van der Waals surface area contributed by atoms with Crippen molar-refractivity contribution in [2.75, 3.05) is 34.8 Å². The summed E-state index contributed by atoms with van der Waals surface area (Å²) in [7, 11) is 7.12. The van der Waals surface area contributed by atoms with Crippen LogP contribution in [0.2, 0.25) is 0 Å². The summed E-state index contributed by atoms with van der Waals surface area (Å²) in [6.07, 6.45) is -8.19. The van der Waals surface area contributed by atoms with E-state index in [1.165, 1.54) is 14.0 Å². The maximum absolute atomic E-state index is 14.2. The minimum absolute atomic E-state index is 0.133. The number of likely N-dealkylation sites (N-methyl/N-ethyl adjacent to an activating group) is 2. The van der Waals surface area contributed by atoms with Crippen molar-refractivity contribution >= 4 is 5.97 Å². The lowest BCUT2D eigenvalue weighted by molar-refractivity contribution is -0.318. The van der Waals surface area contributed by atoms with Gasteiger partial charge in [-0.1, -0.05) is 20.8 Å². The molecule has 14 nitrogen and oxygen atoms in total. The van der Waals surface area contributed by atoms with Crippen LogP contribution in [0.25, 0.3) is 0 Å². The Bertz CT molecular complexity index is 1140. The van der Waals surface area contributed by atoms with E-state index in [4.69, 9.17) is 28.4 Å². The molecule has 0 aromatic heterocycles. The highest BCUT2D eigenvalue weighted by Crippen LogP contribution is 2.40. The van der Waals surface area contributed by atoms with E-state index in [1.807, 2.05) is 51.7 Å². The highest BCUT2D eigenvalue weighted by Gasteiger charge is 2.52. The third kappa shape index (κ3) is 10.0. The maximum Gasteiger partial charge on any atom is 0.311 e. The molecule has 0 saturated carbocycles. The van der Waals surface area contributed by atoms with Gasteiger partial charge < -0.3 is 63.8 Å². The zero-order valence-corrected chi connectivity index (χ0v) is 34.2. The molecule has 0 aliphatic carbocycles. The number of cyclic esters (lactones) is 1. The lowest BCUT2D eigenvalue weighted by atomic mass is 9.77. The molecule has 3 fully saturated rings. The van der Waals surface area contributed by atoms with Crippen molar-refractivity contribution in [3.63, 3.8) is 0 Å². The van der Waals surface area contributed by atoms with E-state index >= 15 is 0 Å². The minimum Gasteiger partial charge on any atom is -0.459 e. The number of carbonyl (C=O) groups excluding carboxylic acids is 1. The minimum atomic E-state index is -1.80. The van der Waals surface area contributed by atoms with Crippen molar-refractivity contribution in [2.45, 2.75) is 185 Å². The van der Waals surface area contributed by atoms with Gasteiger partial charge in [-0.15, -0.1) is 0 Å². The number of aliphatic hydroxyl groups is 5. The van der Waals surface area contributed by atoms with Crippen LogP contribution in [0.4, 0.5) is 0 Å². The van der Waals surface area contributed by atoms with Crippen LogP contribution in [0.5, 0.6) is 0 Å². The van der Waals surface area contributed by atoms with Crippen LogP contribution in [-0.4, -0.2) is 166 Å². The topological polar surface area (TPSA) is 180 Å². The van der Waals surface area contributed by atoms with Gasteiger partial charge in [0.1, 0.15) is 30.0 Å². The largest absolute Gasteiger partial charge is 0.459 e. The molecule has 306 valence electrons. The van der Waals surface area contributed by atoms with Crippen molar-refractivity contribution in [1.29, 1.82) is 0 Å². The van der Waals surface area contributed by atoms with Crippen molar-refractivity contribution in [3.8, 4) is 0 Å². The molecule has 10 unspecified atom stereocenters. The van der Waals surface area contributed by atoms with Crippen LogP contribution in [0.1, 0.15) is 94.9 Å². The molecule has 0 bridgehead atoms. The second kappa shape index (κ2) is 17.8. The van der Waals surface area contributed by atoms with E-state index in [9.17, 15) is 30.3 Å². The van der Waals surface area contributed by atoms with E-state index in [2.05, 4.69) is 0 Å². The first-order chi connectivity index (χ1) is 23.9. The number of carbonyl (C=O) groups is 1. The molecule has 3 aliphatic heterocycles. The lowest BCUT2D eigenvalue weighted by Crippen LogP contribution is -2.60. The van der Waals surface area contributed by atoms with E-state index in [-0.39, 0.29) is 37.3 Å². The summed E-state index contributed by atoms with van der Waals surface area (Å²) < 4.78 is 37.5. The number of hydrogen-bond acceptors (Lipinski definition) is 14. The third-order valence-electron chi connectivity index (χ3n) is 12.2. The van der Waals surface area contributed by atoms with Gasteiger partial charge in [0.15, 0.2) is 12.6 Å². The Kier molecular flexibility index (Phi) is 15.6. The zero-order chi connectivity index (χ0) is 39.7. The molecular weight excluding hydrogens is 676 g/mol. The Morgan fingerprint density at radius 2 is 1.56 bits per heavy atom. The van der Waals surface area contributed by atoms with Crippen molar-refractivity contribution in [2.24, 2.45) is 17.8 Å². The van der Waals surface area contributed by atoms with Gasteiger partial charge in [-0.2, -0.15) is 0 Å². The van der Waals surface area contributed by atoms with Crippen LogP contribution in [-0.2, 0) is 33.2 Å². The molecule has 3 heterocycles. The van der Waals surface area contributed by atoms with E-state index in [1.54, 1.807) is 41.5 Å². The highest BCUT2D eigenvalue weighted by atomic mass is 16.7. The van der Waals surface area contributed by atoms with Crippen LogP contribution in [0.15, 0.2) is 0 Å². The average Bonchev–Trinajstić information content (AvgIpc) is 3.05. The summed E-state index contributed by atoms with van der Waals surface area (Å²) in [5, 5.41) is 58.1. The number of hydrogen-bond donors (Lipinski definition) is 5. The first-order valence-electron chi connectivity index (χ1n) is 19.1. The fourth-order valence-corrected chi connectivity index (χ4v) is 8.74. The number of ether oxygens (including phenoxy) is 6. The first kappa shape index (κ1) is 45.4. The summed E-state index contributed by atoms with van der Waals surface area (Å²) in [6.45, 7) is 18.0. The Morgan fingerprint density at radius 1 is 0.942 bits per heavy atom. The van der Waals surface area contributed by atoms with Gasteiger partial charge in [-0.05, 0) is 94.8 Å². The molecule has 18 atom stereocenters. The molecule has 0 radical (unpaired) electrons. The molecule has 0 spiro atoms. The summed E-state index contributed by atoms with van der Waals surface area (Å²) in [5.74, 6) is -2.58. The SMILES string of the molecule is CCC1OC(=O)C(C)C(O[C@H]2C[C@@](C)(OC)[C@@H](O)[C@H](C)O2)C(C)C(O[C@@H]2O[C@H](C)C[C@H](N(C)C)[C@H]2O)C(C)(O)CC(C)CN(C)C(C)C(O)C1(C)O. The molecule has 3 saturated heterocycles. The predicted octanol–water partition coefficient (Wildman–Crippen LogP) is 1.90. The Morgan fingerprint density at radius 3 is 2.12 bits per heavy atom. The number of nitrogens with zero attached hydrogens (tertiary/aromatic N) is 2. The number of aliphatic hydroxyl groups excluding tert-OH is 3. The molecular formula is C38H72N2O12. The fraction of sp³-hybridized carbons (Fsp3) is 0.974. The summed E-state index contributed by atoms with van der Waals surface area (Å²) in [6, 6.07) is -0.808. The molecule has 0 amide bonds. The highest BCUT2D eigenvalue weighted by molar-refractivity contribution is 5.73. The summed E-state index contributed by atoms with van der Waals surface area (Å²) >= 11 is 0. The Hall–Kier alpha value is -1.01. The second-order valence-electron chi connectivity index (χ2n) is 17.2. The van der Waals surface area contributed by atoms with Gasteiger partial charge in [-0.25, -0.2) is 0 Å². The van der Waals surface area contributed by atoms with Crippen LogP contribution >= 0.6 is 0 Å². The second-order valence-corrected chi connectivity index (χ2v) is 17.2. The van der Waals surface area contributed by atoms with Crippen LogP contribution in [0, 0.1) is 17.8 Å². The van der Waals surface area contributed by atoms with Crippen molar-refractivity contribution < 1.29 is 58.7 Å². The van der Waals surface area contributed by atoms with Crippen LogP contribution < -0.4 is 0 Å². The van der Waals surface area contributed by atoms with Crippen molar-refractivity contribution in [3.05, 3.63) is 0 Å².